The van der Waals surface area contributed by atoms with E-state index < -0.39 is 23.7 Å². The van der Waals surface area contributed by atoms with Crippen LogP contribution in [0.2, 0.25) is 0 Å². The van der Waals surface area contributed by atoms with Gasteiger partial charge in [0.25, 0.3) is 11.8 Å². The Bertz CT molecular complexity index is 1400. The van der Waals surface area contributed by atoms with Crippen LogP contribution in [0.25, 0.3) is 6.08 Å². The highest BCUT2D eigenvalue weighted by molar-refractivity contribution is 6.46. The number of anilines is 3. The molecule has 0 radical (unpaired) electrons. The number of rotatable bonds is 5. The molecule has 1 fully saturated rings. The summed E-state index contributed by atoms with van der Waals surface area (Å²) >= 11 is 0. The fourth-order valence-corrected chi connectivity index (χ4v) is 5.77. The van der Waals surface area contributed by atoms with Gasteiger partial charge in [0.2, 0.25) is 0 Å². The van der Waals surface area contributed by atoms with Gasteiger partial charge in [-0.05, 0) is 80.6 Å². The first-order chi connectivity index (χ1) is 18.6. The van der Waals surface area contributed by atoms with Gasteiger partial charge < -0.3 is 4.90 Å². The fraction of sp³-hybridized carbons (Fsp3) is 0.281. The van der Waals surface area contributed by atoms with Crippen molar-refractivity contribution in [3.8, 4) is 0 Å². The first-order valence-corrected chi connectivity index (χ1v) is 13.3. The molecule has 0 aliphatic carbocycles. The number of imide groups is 2. The molecule has 3 aromatic rings. The van der Waals surface area contributed by atoms with Crippen LogP contribution < -0.4 is 14.7 Å². The molecule has 0 N–H and O–H groups in total. The Morgan fingerprint density at radius 1 is 0.897 bits per heavy atom. The Balaban J connectivity index is 1.65. The Labute approximate surface area is 228 Å². The molecule has 200 valence electrons. The highest BCUT2D eigenvalue weighted by Crippen LogP contribution is 2.44. The highest BCUT2D eigenvalue weighted by atomic mass is 19.1. The molecule has 1 atom stereocenters. The van der Waals surface area contributed by atoms with Crippen LogP contribution in [0.4, 0.5) is 26.2 Å². The van der Waals surface area contributed by atoms with Crippen molar-refractivity contribution < 1.29 is 18.8 Å². The van der Waals surface area contributed by atoms with E-state index in [0.717, 1.165) is 40.4 Å². The molecule has 0 bridgehead atoms. The minimum Gasteiger partial charge on any atom is -0.366 e. The van der Waals surface area contributed by atoms with Gasteiger partial charge in [-0.3, -0.25) is 9.59 Å². The molecule has 1 unspecified atom stereocenters. The van der Waals surface area contributed by atoms with Crippen LogP contribution in [0, 0.1) is 5.82 Å². The molecular weight excluding hydrogens is 493 g/mol. The number of barbiturate groups is 1. The second-order valence-corrected chi connectivity index (χ2v) is 10.8. The number of fused-ring (bicyclic) bond motifs is 1. The smallest absolute Gasteiger partial charge is 0.343 e. The van der Waals surface area contributed by atoms with Crippen LogP contribution in [-0.4, -0.2) is 29.9 Å². The number of amides is 4. The third kappa shape index (κ3) is 4.62. The van der Waals surface area contributed by atoms with Crippen molar-refractivity contribution in [3.05, 3.63) is 95.3 Å². The number of hydrogen-bond acceptors (Lipinski definition) is 4. The summed E-state index contributed by atoms with van der Waals surface area (Å²) in [6.07, 6.45) is 3.10. The van der Waals surface area contributed by atoms with Crippen molar-refractivity contribution in [1.29, 1.82) is 0 Å². The molecular formula is C32H32FN3O3. The standard InChI is InChI=1S/C32H32FN3O3/c1-5-16-34-28-19-27(33)22(17-25(28)21(2)20-32(34,3)4)18-26-29(37)35(23-12-8-6-9-13-23)31(39)36(30(26)38)24-14-10-7-11-15-24/h6-15,17-19,21H,5,16,20H2,1-4H3. The van der Waals surface area contributed by atoms with Gasteiger partial charge in [-0.1, -0.05) is 50.2 Å². The zero-order chi connectivity index (χ0) is 27.9. The van der Waals surface area contributed by atoms with Gasteiger partial charge in [0, 0.05) is 23.3 Å². The fourth-order valence-electron chi connectivity index (χ4n) is 5.77. The van der Waals surface area contributed by atoms with Crippen molar-refractivity contribution in [2.45, 2.75) is 52.0 Å². The first-order valence-electron chi connectivity index (χ1n) is 13.3. The van der Waals surface area contributed by atoms with E-state index in [1.807, 2.05) is 0 Å². The van der Waals surface area contributed by atoms with E-state index in [-0.39, 0.29) is 22.6 Å². The molecule has 0 saturated carbocycles. The van der Waals surface area contributed by atoms with E-state index in [9.17, 15) is 14.4 Å². The van der Waals surface area contributed by atoms with Gasteiger partial charge in [0.05, 0.1) is 11.4 Å². The molecule has 2 aliphatic heterocycles. The number of carbonyl (C=O) groups is 3. The second kappa shape index (κ2) is 10.1. The summed E-state index contributed by atoms with van der Waals surface area (Å²) in [6.45, 7) is 9.35. The lowest BCUT2D eigenvalue weighted by atomic mass is 9.79. The molecule has 5 rings (SSSR count). The van der Waals surface area contributed by atoms with Gasteiger partial charge in [0.1, 0.15) is 11.4 Å². The Hall–Kier alpha value is -4.26. The Kier molecular flexibility index (Phi) is 6.85. The Morgan fingerprint density at radius 2 is 1.44 bits per heavy atom. The quantitative estimate of drug-likeness (QED) is 0.268. The number of carbonyl (C=O) groups excluding carboxylic acids is 3. The molecule has 4 amide bonds. The van der Waals surface area contributed by atoms with Gasteiger partial charge >= 0.3 is 6.03 Å². The minimum atomic E-state index is -0.790. The minimum absolute atomic E-state index is 0.128. The van der Waals surface area contributed by atoms with Crippen LogP contribution >= 0.6 is 0 Å². The van der Waals surface area contributed by atoms with Crippen LogP contribution in [0.1, 0.15) is 57.6 Å². The number of benzene rings is 3. The van der Waals surface area contributed by atoms with E-state index in [2.05, 4.69) is 32.6 Å². The van der Waals surface area contributed by atoms with Crippen LogP contribution in [-0.2, 0) is 9.59 Å². The molecule has 0 aromatic heterocycles. The average Bonchev–Trinajstić information content (AvgIpc) is 2.90. The topological polar surface area (TPSA) is 60.9 Å². The third-order valence-electron chi connectivity index (χ3n) is 7.53. The molecule has 39 heavy (non-hydrogen) atoms. The van der Waals surface area contributed by atoms with Crippen molar-refractivity contribution in [3.63, 3.8) is 0 Å². The monoisotopic (exact) mass is 525 g/mol. The summed E-state index contributed by atoms with van der Waals surface area (Å²) in [6, 6.07) is 19.3. The van der Waals surface area contributed by atoms with E-state index in [1.165, 1.54) is 12.1 Å². The maximum absolute atomic E-state index is 15.7. The SMILES string of the molecule is CCCN1c2cc(F)c(C=C3C(=O)N(c4ccccc4)C(=O)N(c4ccccc4)C3=O)cc2C(C)CC1(C)C. The summed E-state index contributed by atoms with van der Waals surface area (Å²) in [4.78, 5) is 45.0. The summed E-state index contributed by atoms with van der Waals surface area (Å²) in [7, 11) is 0. The van der Waals surface area contributed by atoms with E-state index in [4.69, 9.17) is 0 Å². The van der Waals surface area contributed by atoms with Crippen LogP contribution in [0.15, 0.2) is 78.4 Å². The van der Waals surface area contributed by atoms with E-state index >= 15 is 4.39 Å². The third-order valence-corrected chi connectivity index (χ3v) is 7.53. The predicted octanol–water partition coefficient (Wildman–Crippen LogP) is 6.91. The number of urea groups is 1. The summed E-state index contributed by atoms with van der Waals surface area (Å²) in [5, 5.41) is 0. The zero-order valence-electron chi connectivity index (χ0n) is 22.6. The molecule has 3 aromatic carbocycles. The van der Waals surface area contributed by atoms with Crippen molar-refractivity contribution in [2.24, 2.45) is 0 Å². The van der Waals surface area contributed by atoms with Crippen LogP contribution in [0.5, 0.6) is 0 Å². The average molecular weight is 526 g/mol. The number of halogens is 1. The van der Waals surface area contributed by atoms with E-state index in [1.54, 1.807) is 66.7 Å². The number of para-hydroxylation sites is 2. The first kappa shape index (κ1) is 26.4. The molecule has 0 spiro atoms. The summed E-state index contributed by atoms with van der Waals surface area (Å²) in [5.41, 5.74) is 2.19. The lowest BCUT2D eigenvalue weighted by Gasteiger charge is -2.47. The summed E-state index contributed by atoms with van der Waals surface area (Å²) < 4.78 is 15.7. The zero-order valence-corrected chi connectivity index (χ0v) is 22.6. The maximum Gasteiger partial charge on any atom is 0.343 e. The van der Waals surface area contributed by atoms with Crippen molar-refractivity contribution in [1.82, 2.24) is 0 Å². The Morgan fingerprint density at radius 3 is 1.95 bits per heavy atom. The number of nitrogens with zero attached hydrogens (tertiary/aromatic N) is 3. The largest absolute Gasteiger partial charge is 0.366 e. The molecule has 7 heteroatoms. The van der Waals surface area contributed by atoms with E-state index in [0.29, 0.717) is 11.4 Å². The lowest BCUT2D eigenvalue weighted by molar-refractivity contribution is -0.121. The summed E-state index contributed by atoms with van der Waals surface area (Å²) in [5.74, 6) is -1.95. The molecule has 6 nitrogen and oxygen atoms in total. The van der Waals surface area contributed by atoms with Gasteiger partial charge in [-0.25, -0.2) is 19.0 Å². The second-order valence-electron chi connectivity index (χ2n) is 10.8. The molecule has 1 saturated heterocycles. The van der Waals surface area contributed by atoms with Crippen molar-refractivity contribution in [2.75, 3.05) is 21.2 Å². The maximum atomic E-state index is 15.7. The highest BCUT2D eigenvalue weighted by Gasteiger charge is 2.44. The molecule has 2 aliphatic rings. The lowest BCUT2D eigenvalue weighted by Crippen LogP contribution is -2.57. The van der Waals surface area contributed by atoms with Crippen LogP contribution in [0.3, 0.4) is 0 Å². The van der Waals surface area contributed by atoms with Crippen molar-refractivity contribution >= 4 is 41.0 Å². The van der Waals surface area contributed by atoms with Gasteiger partial charge in [-0.15, -0.1) is 0 Å². The normalized spacial score (nSPS) is 18.9. The van der Waals surface area contributed by atoms with Gasteiger partial charge in [-0.2, -0.15) is 0 Å². The number of hydrogen-bond donors (Lipinski definition) is 0. The van der Waals surface area contributed by atoms with Gasteiger partial charge in [0.15, 0.2) is 0 Å². The predicted molar refractivity (Wildman–Crippen MR) is 152 cm³/mol. The molecule has 2 heterocycles.